The number of carbonyl (C=O) groups is 2. The fourth-order valence-electron chi connectivity index (χ4n) is 4.13. The molecule has 29 heavy (non-hydrogen) atoms. The third-order valence-corrected chi connectivity index (χ3v) is 5.69. The van der Waals surface area contributed by atoms with Crippen LogP contribution >= 0.6 is 0 Å². The molecular weight excluding hydrogens is 370 g/mol. The summed E-state index contributed by atoms with van der Waals surface area (Å²) >= 11 is 0. The molecule has 0 spiro atoms. The first kappa shape index (κ1) is 19.1. The van der Waals surface area contributed by atoms with Crippen LogP contribution in [-0.4, -0.2) is 50.7 Å². The molecule has 7 heteroatoms. The summed E-state index contributed by atoms with van der Waals surface area (Å²) in [7, 11) is 5.10. The number of ether oxygens (including phenoxy) is 2. The lowest BCUT2D eigenvalue weighted by molar-refractivity contribution is 0.0589. The molecule has 2 amide bonds. The van der Waals surface area contributed by atoms with E-state index in [2.05, 4.69) is 10.2 Å². The summed E-state index contributed by atoms with van der Waals surface area (Å²) in [6, 6.07) is 10.5. The largest absolute Gasteiger partial charge is 0.493 e. The molecule has 0 aliphatic carbocycles. The minimum Gasteiger partial charge on any atom is -0.493 e. The maximum absolute atomic E-state index is 12.9. The normalized spacial score (nSPS) is 18.0. The molecule has 7 nitrogen and oxygen atoms in total. The Morgan fingerprint density at radius 2 is 1.86 bits per heavy atom. The maximum Gasteiger partial charge on any atom is 0.257 e. The van der Waals surface area contributed by atoms with E-state index >= 15 is 0 Å². The number of nitrogens with zero attached hydrogens (tertiary/aromatic N) is 2. The number of carbonyl (C=O) groups excluding carboxylic acids is 2. The van der Waals surface area contributed by atoms with Crippen molar-refractivity contribution in [1.29, 1.82) is 0 Å². The number of hydrogen-bond donors (Lipinski definition) is 1. The number of hydrogen-bond acceptors (Lipinski definition) is 5. The van der Waals surface area contributed by atoms with Crippen molar-refractivity contribution in [2.45, 2.75) is 25.4 Å². The van der Waals surface area contributed by atoms with E-state index in [0.717, 1.165) is 31.5 Å². The van der Waals surface area contributed by atoms with Crippen LogP contribution in [-0.2, 0) is 0 Å². The predicted octanol–water partition coefficient (Wildman–Crippen LogP) is 3.36. The van der Waals surface area contributed by atoms with Gasteiger partial charge in [-0.2, -0.15) is 0 Å². The zero-order chi connectivity index (χ0) is 20.5. The summed E-state index contributed by atoms with van der Waals surface area (Å²) < 4.78 is 10.5. The molecule has 1 fully saturated rings. The van der Waals surface area contributed by atoms with Gasteiger partial charge in [-0.15, -0.1) is 0 Å². The Hall–Kier alpha value is -3.22. The molecule has 2 aliphatic heterocycles. The Bertz CT molecular complexity index is 959. The zero-order valence-electron chi connectivity index (χ0n) is 16.9. The molecule has 2 heterocycles. The van der Waals surface area contributed by atoms with Crippen LogP contribution in [0, 0.1) is 0 Å². The van der Waals surface area contributed by atoms with Gasteiger partial charge in [0.2, 0.25) is 0 Å². The van der Waals surface area contributed by atoms with E-state index in [1.54, 1.807) is 50.6 Å². The summed E-state index contributed by atoms with van der Waals surface area (Å²) in [6.45, 7) is 0.787. The highest BCUT2D eigenvalue weighted by Gasteiger charge is 2.37. The fraction of sp³-hybridized carbons (Fsp3) is 0.364. The highest BCUT2D eigenvalue weighted by molar-refractivity contribution is 6.08. The molecule has 4 rings (SSSR count). The van der Waals surface area contributed by atoms with Crippen LogP contribution in [0.15, 0.2) is 36.4 Å². The third kappa shape index (κ3) is 3.37. The van der Waals surface area contributed by atoms with Gasteiger partial charge in [-0.1, -0.05) is 0 Å². The molecule has 2 aromatic rings. The summed E-state index contributed by atoms with van der Waals surface area (Å²) in [5.74, 6) is 0.941. The SMILES string of the molecule is COc1ccc(NC(=O)c2ccc3c(c2)N(C)[C@H]2CCCCN2C3=O)cc1OC. The molecule has 0 radical (unpaired) electrons. The standard InChI is InChI=1S/C22H25N3O4/c1-24-17-12-14(7-9-16(17)22(27)25-11-5-4-6-20(24)25)21(26)23-15-8-10-18(28-2)19(13-15)29-3/h7-10,12-13,20H,4-6,11H2,1-3H3,(H,23,26)/t20-/m1/s1. The topological polar surface area (TPSA) is 71.1 Å². The molecule has 152 valence electrons. The Balaban J connectivity index is 1.60. The minimum absolute atomic E-state index is 0.0506. The number of fused-ring (bicyclic) bond motifs is 2. The number of anilines is 2. The van der Waals surface area contributed by atoms with Crippen LogP contribution in [0.25, 0.3) is 0 Å². The van der Waals surface area contributed by atoms with Crippen LogP contribution in [0.1, 0.15) is 40.0 Å². The molecule has 0 saturated carbocycles. The van der Waals surface area contributed by atoms with Gasteiger partial charge in [0.15, 0.2) is 11.5 Å². The van der Waals surface area contributed by atoms with Crippen molar-refractivity contribution in [3.63, 3.8) is 0 Å². The number of rotatable bonds is 4. The van der Waals surface area contributed by atoms with Gasteiger partial charge in [0.05, 0.1) is 25.5 Å². The van der Waals surface area contributed by atoms with Crippen molar-refractivity contribution in [3.05, 3.63) is 47.5 Å². The Morgan fingerprint density at radius 3 is 2.62 bits per heavy atom. The van der Waals surface area contributed by atoms with E-state index in [0.29, 0.717) is 28.3 Å². The Labute approximate surface area is 170 Å². The van der Waals surface area contributed by atoms with Crippen molar-refractivity contribution >= 4 is 23.2 Å². The van der Waals surface area contributed by atoms with Crippen LogP contribution in [0.4, 0.5) is 11.4 Å². The summed E-state index contributed by atoms with van der Waals surface area (Å²) in [6.07, 6.45) is 3.15. The van der Waals surface area contributed by atoms with Crippen LogP contribution in [0.5, 0.6) is 11.5 Å². The first-order chi connectivity index (χ1) is 14.0. The molecule has 0 unspecified atom stereocenters. The summed E-state index contributed by atoms with van der Waals surface area (Å²) in [5.41, 5.74) is 2.56. The van der Waals surface area contributed by atoms with Gasteiger partial charge in [0, 0.05) is 30.9 Å². The molecule has 0 aromatic heterocycles. The fourth-order valence-corrected chi connectivity index (χ4v) is 4.13. The molecule has 2 aliphatic rings. The molecule has 1 saturated heterocycles. The van der Waals surface area contributed by atoms with Crippen molar-refractivity contribution in [3.8, 4) is 11.5 Å². The van der Waals surface area contributed by atoms with Gasteiger partial charge in [0.25, 0.3) is 11.8 Å². The van der Waals surface area contributed by atoms with Crippen molar-refractivity contribution in [2.75, 3.05) is 38.0 Å². The van der Waals surface area contributed by atoms with Crippen molar-refractivity contribution in [2.24, 2.45) is 0 Å². The molecular formula is C22H25N3O4. The third-order valence-electron chi connectivity index (χ3n) is 5.69. The minimum atomic E-state index is -0.244. The van der Waals surface area contributed by atoms with Gasteiger partial charge >= 0.3 is 0 Å². The van der Waals surface area contributed by atoms with E-state index < -0.39 is 0 Å². The molecule has 1 N–H and O–H groups in total. The number of methoxy groups -OCH3 is 2. The maximum atomic E-state index is 12.9. The summed E-state index contributed by atoms with van der Waals surface area (Å²) in [5, 5.41) is 2.89. The predicted molar refractivity (Wildman–Crippen MR) is 111 cm³/mol. The van der Waals surface area contributed by atoms with E-state index in [-0.39, 0.29) is 18.0 Å². The first-order valence-electron chi connectivity index (χ1n) is 9.74. The number of piperidine rings is 1. The highest BCUT2D eigenvalue weighted by atomic mass is 16.5. The van der Waals surface area contributed by atoms with Crippen LogP contribution in [0.3, 0.4) is 0 Å². The average molecular weight is 395 g/mol. The number of nitrogens with one attached hydrogen (secondary N) is 1. The number of amides is 2. The zero-order valence-corrected chi connectivity index (χ0v) is 16.9. The molecule has 1 atom stereocenters. The summed E-state index contributed by atoms with van der Waals surface area (Å²) in [4.78, 5) is 29.8. The van der Waals surface area contributed by atoms with E-state index in [9.17, 15) is 9.59 Å². The lowest BCUT2D eigenvalue weighted by atomic mass is 9.97. The van der Waals surface area contributed by atoms with Gasteiger partial charge < -0.3 is 24.6 Å². The van der Waals surface area contributed by atoms with Gasteiger partial charge in [-0.05, 0) is 49.6 Å². The molecule has 0 bridgehead atoms. The monoisotopic (exact) mass is 395 g/mol. The van der Waals surface area contributed by atoms with E-state index in [1.165, 1.54) is 0 Å². The smallest absolute Gasteiger partial charge is 0.257 e. The van der Waals surface area contributed by atoms with Crippen LogP contribution < -0.4 is 19.7 Å². The second-order valence-corrected chi connectivity index (χ2v) is 7.34. The average Bonchev–Trinajstić information content (AvgIpc) is 2.77. The number of benzene rings is 2. The Kier molecular flexibility index (Phi) is 5.05. The lowest BCUT2D eigenvalue weighted by Crippen LogP contribution is -2.55. The van der Waals surface area contributed by atoms with Crippen molar-refractivity contribution < 1.29 is 19.1 Å². The van der Waals surface area contributed by atoms with Crippen molar-refractivity contribution in [1.82, 2.24) is 4.90 Å². The molecule has 2 aromatic carbocycles. The Morgan fingerprint density at radius 1 is 1.07 bits per heavy atom. The van der Waals surface area contributed by atoms with E-state index in [1.807, 2.05) is 11.9 Å². The van der Waals surface area contributed by atoms with E-state index in [4.69, 9.17) is 9.47 Å². The van der Waals surface area contributed by atoms with Gasteiger partial charge in [-0.3, -0.25) is 9.59 Å². The lowest BCUT2D eigenvalue weighted by Gasteiger charge is -2.46. The second-order valence-electron chi connectivity index (χ2n) is 7.34. The van der Waals surface area contributed by atoms with Crippen LogP contribution in [0.2, 0.25) is 0 Å². The second kappa shape index (κ2) is 7.66. The van der Waals surface area contributed by atoms with Gasteiger partial charge in [-0.25, -0.2) is 0 Å². The first-order valence-corrected chi connectivity index (χ1v) is 9.74. The van der Waals surface area contributed by atoms with Gasteiger partial charge in [0.1, 0.15) is 6.17 Å². The quantitative estimate of drug-likeness (QED) is 0.860. The highest BCUT2D eigenvalue weighted by Crippen LogP contribution is 2.35.